The molecule has 3 N–H and O–H groups in total. The average molecular weight is 257 g/mol. The van der Waals surface area contributed by atoms with Crippen molar-refractivity contribution in [2.45, 2.75) is 39.0 Å². The second-order valence-electron chi connectivity index (χ2n) is 3.93. The van der Waals surface area contributed by atoms with E-state index in [1.54, 1.807) is 7.05 Å². The molecule has 6 heteroatoms. The third-order valence-electron chi connectivity index (χ3n) is 2.43. The first-order valence-electron chi connectivity index (χ1n) is 6.34. The first-order chi connectivity index (χ1) is 8.60. The fourth-order valence-electron chi connectivity index (χ4n) is 1.27. The predicted octanol–water partition coefficient (Wildman–Crippen LogP) is -0.0648. The van der Waals surface area contributed by atoms with Crippen molar-refractivity contribution in [2.75, 3.05) is 20.1 Å². The lowest BCUT2D eigenvalue weighted by Gasteiger charge is -2.05. The summed E-state index contributed by atoms with van der Waals surface area (Å²) >= 11 is 0. The third kappa shape index (κ3) is 9.62. The first-order valence-corrected chi connectivity index (χ1v) is 6.34. The standard InChI is InChI=1S/C12H23N3O3/c1-3-10(16)14-8-4-5-9-15-12(18)7-6-11(17)13-2/h3-9H2,1-2H3,(H,13,17)(H,14,16)(H,15,18). The lowest BCUT2D eigenvalue weighted by molar-refractivity contribution is -0.126. The van der Waals surface area contributed by atoms with E-state index in [2.05, 4.69) is 16.0 Å². The largest absolute Gasteiger partial charge is 0.359 e. The van der Waals surface area contributed by atoms with Crippen molar-refractivity contribution in [3.05, 3.63) is 0 Å². The summed E-state index contributed by atoms with van der Waals surface area (Å²) in [5, 5.41) is 7.96. The number of rotatable bonds is 9. The predicted molar refractivity (Wildman–Crippen MR) is 68.8 cm³/mol. The highest BCUT2D eigenvalue weighted by Crippen LogP contribution is 1.90. The summed E-state index contributed by atoms with van der Waals surface area (Å²) in [4.78, 5) is 33.1. The second-order valence-corrected chi connectivity index (χ2v) is 3.93. The van der Waals surface area contributed by atoms with Gasteiger partial charge in [-0.3, -0.25) is 14.4 Å². The van der Waals surface area contributed by atoms with Gasteiger partial charge in [0.1, 0.15) is 0 Å². The molecule has 0 saturated heterocycles. The van der Waals surface area contributed by atoms with Crippen molar-refractivity contribution in [3.8, 4) is 0 Å². The van der Waals surface area contributed by atoms with Gasteiger partial charge in [-0.15, -0.1) is 0 Å². The molecule has 0 heterocycles. The molecule has 0 aromatic heterocycles. The van der Waals surface area contributed by atoms with Crippen LogP contribution in [0.4, 0.5) is 0 Å². The first kappa shape index (κ1) is 16.4. The van der Waals surface area contributed by atoms with Gasteiger partial charge >= 0.3 is 0 Å². The molecule has 104 valence electrons. The van der Waals surface area contributed by atoms with Gasteiger partial charge in [0.2, 0.25) is 17.7 Å². The van der Waals surface area contributed by atoms with Crippen LogP contribution in [0.1, 0.15) is 39.0 Å². The number of hydrogen-bond acceptors (Lipinski definition) is 3. The van der Waals surface area contributed by atoms with E-state index in [1.807, 2.05) is 6.92 Å². The maximum atomic E-state index is 11.3. The minimum absolute atomic E-state index is 0.0459. The monoisotopic (exact) mass is 257 g/mol. The molecule has 0 rings (SSSR count). The highest BCUT2D eigenvalue weighted by Gasteiger charge is 2.04. The van der Waals surface area contributed by atoms with E-state index < -0.39 is 0 Å². The van der Waals surface area contributed by atoms with E-state index in [0.29, 0.717) is 19.5 Å². The average Bonchev–Trinajstić information content (AvgIpc) is 2.39. The van der Waals surface area contributed by atoms with Gasteiger partial charge in [0.25, 0.3) is 0 Å². The zero-order valence-electron chi connectivity index (χ0n) is 11.2. The minimum atomic E-state index is -0.132. The molecule has 0 aromatic rings. The third-order valence-corrected chi connectivity index (χ3v) is 2.43. The van der Waals surface area contributed by atoms with Crippen LogP contribution in [-0.4, -0.2) is 37.9 Å². The molecular formula is C12H23N3O3. The van der Waals surface area contributed by atoms with Crippen molar-refractivity contribution < 1.29 is 14.4 Å². The summed E-state index contributed by atoms with van der Waals surface area (Å²) in [5.41, 5.74) is 0. The molecule has 0 aromatic carbocycles. The Morgan fingerprint density at radius 2 is 1.33 bits per heavy atom. The van der Waals surface area contributed by atoms with Crippen LogP contribution in [0.5, 0.6) is 0 Å². The normalized spacial score (nSPS) is 9.67. The molecule has 3 amide bonds. The number of unbranched alkanes of at least 4 members (excludes halogenated alkanes) is 1. The van der Waals surface area contributed by atoms with Crippen molar-refractivity contribution in [1.82, 2.24) is 16.0 Å². The molecule has 0 aliphatic heterocycles. The number of amides is 3. The van der Waals surface area contributed by atoms with Crippen molar-refractivity contribution in [1.29, 1.82) is 0 Å². The molecule has 6 nitrogen and oxygen atoms in total. The van der Waals surface area contributed by atoms with Gasteiger partial charge in [0.15, 0.2) is 0 Å². The quantitative estimate of drug-likeness (QED) is 0.505. The van der Waals surface area contributed by atoms with E-state index in [4.69, 9.17) is 0 Å². The fraction of sp³-hybridized carbons (Fsp3) is 0.750. The maximum absolute atomic E-state index is 11.3. The number of carbonyl (C=O) groups is 3. The number of carbonyl (C=O) groups excluding carboxylic acids is 3. The molecule has 0 unspecified atom stereocenters. The van der Waals surface area contributed by atoms with Gasteiger partial charge in [-0.05, 0) is 12.8 Å². The van der Waals surface area contributed by atoms with Gasteiger partial charge in [-0.25, -0.2) is 0 Å². The minimum Gasteiger partial charge on any atom is -0.359 e. The lowest BCUT2D eigenvalue weighted by atomic mass is 10.2. The summed E-state index contributed by atoms with van der Waals surface area (Å²) < 4.78 is 0. The molecule has 0 aliphatic rings. The van der Waals surface area contributed by atoms with Crippen molar-refractivity contribution in [3.63, 3.8) is 0 Å². The molecule has 0 bridgehead atoms. The van der Waals surface area contributed by atoms with E-state index in [1.165, 1.54) is 0 Å². The Labute approximate surface area is 108 Å². The highest BCUT2D eigenvalue weighted by molar-refractivity contribution is 5.83. The Hall–Kier alpha value is -1.59. The molecule has 0 spiro atoms. The summed E-state index contributed by atoms with van der Waals surface area (Å²) in [6.07, 6.45) is 2.58. The van der Waals surface area contributed by atoms with Crippen LogP contribution in [0.3, 0.4) is 0 Å². The Kier molecular flexibility index (Phi) is 9.62. The van der Waals surface area contributed by atoms with E-state index in [9.17, 15) is 14.4 Å². The molecule has 0 atom stereocenters. The summed E-state index contributed by atoms with van der Waals surface area (Å²) in [5.74, 6) is -0.201. The maximum Gasteiger partial charge on any atom is 0.220 e. The van der Waals surface area contributed by atoms with E-state index in [-0.39, 0.29) is 30.6 Å². The van der Waals surface area contributed by atoms with Gasteiger partial charge < -0.3 is 16.0 Å². The Morgan fingerprint density at radius 3 is 1.83 bits per heavy atom. The van der Waals surface area contributed by atoms with Gasteiger partial charge in [-0.1, -0.05) is 6.92 Å². The van der Waals surface area contributed by atoms with Crippen LogP contribution in [0, 0.1) is 0 Å². The Morgan fingerprint density at radius 1 is 0.833 bits per heavy atom. The molecule has 0 fully saturated rings. The second kappa shape index (κ2) is 10.6. The van der Waals surface area contributed by atoms with Crippen LogP contribution < -0.4 is 16.0 Å². The topological polar surface area (TPSA) is 87.3 Å². The van der Waals surface area contributed by atoms with Crippen molar-refractivity contribution >= 4 is 17.7 Å². The van der Waals surface area contributed by atoms with Gasteiger partial charge in [-0.2, -0.15) is 0 Å². The van der Waals surface area contributed by atoms with Crippen LogP contribution >= 0.6 is 0 Å². The molecular weight excluding hydrogens is 234 g/mol. The molecule has 0 radical (unpaired) electrons. The molecule has 0 aliphatic carbocycles. The zero-order valence-corrected chi connectivity index (χ0v) is 11.2. The summed E-state index contributed by atoms with van der Waals surface area (Å²) in [7, 11) is 1.55. The molecule has 18 heavy (non-hydrogen) atoms. The van der Waals surface area contributed by atoms with Crippen LogP contribution in [0.2, 0.25) is 0 Å². The van der Waals surface area contributed by atoms with E-state index >= 15 is 0 Å². The van der Waals surface area contributed by atoms with Gasteiger partial charge in [0, 0.05) is 39.4 Å². The lowest BCUT2D eigenvalue weighted by Crippen LogP contribution is -2.28. The summed E-state index contributed by atoms with van der Waals surface area (Å²) in [6, 6.07) is 0. The Balaban J connectivity index is 3.35. The highest BCUT2D eigenvalue weighted by atomic mass is 16.2. The Bertz CT molecular complexity index is 280. The van der Waals surface area contributed by atoms with Crippen LogP contribution in [0.15, 0.2) is 0 Å². The van der Waals surface area contributed by atoms with Crippen LogP contribution in [-0.2, 0) is 14.4 Å². The van der Waals surface area contributed by atoms with Crippen LogP contribution in [0.25, 0.3) is 0 Å². The smallest absolute Gasteiger partial charge is 0.220 e. The zero-order chi connectivity index (χ0) is 13.8. The summed E-state index contributed by atoms with van der Waals surface area (Å²) in [6.45, 7) is 3.03. The SMILES string of the molecule is CCC(=O)NCCCCNC(=O)CCC(=O)NC. The number of nitrogens with one attached hydrogen (secondary N) is 3. The number of hydrogen-bond donors (Lipinski definition) is 3. The van der Waals surface area contributed by atoms with Crippen molar-refractivity contribution in [2.24, 2.45) is 0 Å². The van der Waals surface area contributed by atoms with Gasteiger partial charge in [0.05, 0.1) is 0 Å². The van der Waals surface area contributed by atoms with E-state index in [0.717, 1.165) is 12.8 Å². The molecule has 0 saturated carbocycles. The fourth-order valence-corrected chi connectivity index (χ4v) is 1.27.